The molecule has 3 rings (SSSR count). The monoisotopic (exact) mass is 338 g/mol. The van der Waals surface area contributed by atoms with E-state index in [4.69, 9.17) is 4.74 Å². The molecule has 4 nitrogen and oxygen atoms in total. The Bertz CT molecular complexity index is 678. The molecule has 0 aliphatic carbocycles. The fraction of sp³-hybridized carbons (Fsp3) is 0.381. The Kier molecular flexibility index (Phi) is 5.84. The Morgan fingerprint density at radius 3 is 2.32 bits per heavy atom. The van der Waals surface area contributed by atoms with Gasteiger partial charge in [0.2, 0.25) is 5.91 Å². The number of hydrogen-bond acceptors (Lipinski definition) is 3. The molecule has 4 heteroatoms. The summed E-state index contributed by atoms with van der Waals surface area (Å²) in [5.74, 6) is 0.0380. The van der Waals surface area contributed by atoms with Gasteiger partial charge in [0.15, 0.2) is 0 Å². The van der Waals surface area contributed by atoms with Gasteiger partial charge in [-0.2, -0.15) is 0 Å². The van der Waals surface area contributed by atoms with Crippen molar-refractivity contribution in [1.82, 2.24) is 10.6 Å². The molecule has 0 bridgehead atoms. The van der Waals surface area contributed by atoms with Crippen LogP contribution in [0.3, 0.4) is 0 Å². The van der Waals surface area contributed by atoms with Crippen molar-refractivity contribution < 1.29 is 9.53 Å². The maximum atomic E-state index is 12.6. The maximum absolute atomic E-state index is 12.6. The van der Waals surface area contributed by atoms with Crippen LogP contribution in [-0.2, 0) is 9.53 Å². The molecule has 2 N–H and O–H groups in total. The van der Waals surface area contributed by atoms with E-state index in [0.29, 0.717) is 19.6 Å². The topological polar surface area (TPSA) is 50.4 Å². The number of benzene rings is 2. The summed E-state index contributed by atoms with van der Waals surface area (Å²) in [6, 6.07) is 16.6. The lowest BCUT2D eigenvalue weighted by Crippen LogP contribution is -2.44. The highest BCUT2D eigenvalue weighted by atomic mass is 16.5. The highest BCUT2D eigenvalue weighted by Crippen LogP contribution is 2.24. The molecule has 0 radical (unpaired) electrons. The van der Waals surface area contributed by atoms with Crippen LogP contribution in [0.15, 0.2) is 48.5 Å². The third-order valence-corrected chi connectivity index (χ3v) is 4.49. The summed E-state index contributed by atoms with van der Waals surface area (Å²) in [4.78, 5) is 12.6. The van der Waals surface area contributed by atoms with E-state index in [0.717, 1.165) is 17.7 Å². The lowest BCUT2D eigenvalue weighted by atomic mass is 9.96. The summed E-state index contributed by atoms with van der Waals surface area (Å²) in [5, 5.41) is 6.55. The largest absolute Gasteiger partial charge is 0.378 e. The van der Waals surface area contributed by atoms with Crippen molar-refractivity contribution in [1.29, 1.82) is 0 Å². The summed E-state index contributed by atoms with van der Waals surface area (Å²) in [6.45, 7) is 6.25. The summed E-state index contributed by atoms with van der Waals surface area (Å²) < 4.78 is 5.45. The van der Waals surface area contributed by atoms with Crippen molar-refractivity contribution in [3.63, 3.8) is 0 Å². The van der Waals surface area contributed by atoms with Gasteiger partial charge in [0.25, 0.3) is 0 Å². The van der Waals surface area contributed by atoms with Crippen LogP contribution < -0.4 is 10.6 Å². The number of carbonyl (C=O) groups excluding carboxylic acids is 1. The zero-order valence-corrected chi connectivity index (χ0v) is 14.9. The first-order valence-electron chi connectivity index (χ1n) is 8.85. The van der Waals surface area contributed by atoms with Crippen molar-refractivity contribution in [2.24, 2.45) is 0 Å². The van der Waals surface area contributed by atoms with Crippen LogP contribution >= 0.6 is 0 Å². The number of ether oxygens (including phenoxy) is 1. The average molecular weight is 338 g/mol. The van der Waals surface area contributed by atoms with Gasteiger partial charge in [-0.15, -0.1) is 0 Å². The van der Waals surface area contributed by atoms with Gasteiger partial charge in [-0.3, -0.25) is 4.79 Å². The molecule has 1 fully saturated rings. The third kappa shape index (κ3) is 4.91. The number of aryl methyl sites for hydroxylation is 2. The summed E-state index contributed by atoms with van der Waals surface area (Å²) in [7, 11) is 0. The Morgan fingerprint density at radius 2 is 1.80 bits per heavy atom. The number of amides is 1. The minimum absolute atomic E-state index is 0.0380. The van der Waals surface area contributed by atoms with Gasteiger partial charge in [0.1, 0.15) is 0 Å². The summed E-state index contributed by atoms with van der Waals surface area (Å²) >= 11 is 0. The van der Waals surface area contributed by atoms with Gasteiger partial charge in [-0.1, -0.05) is 59.7 Å². The Morgan fingerprint density at radius 1 is 1.16 bits per heavy atom. The zero-order chi connectivity index (χ0) is 17.6. The lowest BCUT2D eigenvalue weighted by molar-refractivity contribution is -0.122. The molecule has 0 saturated carbocycles. The molecule has 1 aliphatic heterocycles. The molecule has 0 spiro atoms. The molecule has 2 aromatic rings. The quantitative estimate of drug-likeness (QED) is 0.881. The van der Waals surface area contributed by atoms with Crippen LogP contribution in [0.2, 0.25) is 0 Å². The van der Waals surface area contributed by atoms with Gasteiger partial charge in [-0.25, -0.2) is 0 Å². The predicted octanol–water partition coefficient (Wildman–Crippen LogP) is 2.89. The Balaban J connectivity index is 1.79. The molecular formula is C21H26N2O2. The van der Waals surface area contributed by atoms with Gasteiger partial charge in [0, 0.05) is 19.0 Å². The molecule has 1 aliphatic rings. The van der Waals surface area contributed by atoms with Crippen LogP contribution in [0.25, 0.3) is 0 Å². The second-order valence-corrected chi connectivity index (χ2v) is 6.76. The smallest absolute Gasteiger partial charge is 0.222 e. The van der Waals surface area contributed by atoms with E-state index < -0.39 is 0 Å². The number of hydrogen-bond donors (Lipinski definition) is 2. The predicted molar refractivity (Wildman–Crippen MR) is 99.6 cm³/mol. The number of carbonyl (C=O) groups is 1. The van der Waals surface area contributed by atoms with Crippen molar-refractivity contribution in [2.75, 3.05) is 19.8 Å². The molecule has 1 heterocycles. The summed E-state index contributed by atoms with van der Waals surface area (Å²) in [5.41, 5.74) is 4.58. The first-order chi connectivity index (χ1) is 12.1. The van der Waals surface area contributed by atoms with Crippen molar-refractivity contribution >= 4 is 5.91 Å². The first kappa shape index (κ1) is 17.6. The van der Waals surface area contributed by atoms with Crippen molar-refractivity contribution in [3.8, 4) is 0 Å². The van der Waals surface area contributed by atoms with Crippen LogP contribution in [0, 0.1) is 13.8 Å². The molecule has 1 amide bonds. The second-order valence-electron chi connectivity index (χ2n) is 6.76. The highest BCUT2D eigenvalue weighted by Gasteiger charge is 2.21. The van der Waals surface area contributed by atoms with E-state index in [-0.39, 0.29) is 18.0 Å². The van der Waals surface area contributed by atoms with E-state index in [1.165, 1.54) is 11.1 Å². The lowest BCUT2D eigenvalue weighted by Gasteiger charge is -2.25. The first-order valence-corrected chi connectivity index (χ1v) is 8.85. The molecule has 0 aromatic heterocycles. The molecule has 2 aromatic carbocycles. The minimum Gasteiger partial charge on any atom is -0.378 e. The van der Waals surface area contributed by atoms with E-state index in [2.05, 4.69) is 60.9 Å². The second kappa shape index (κ2) is 8.28. The molecule has 1 saturated heterocycles. The van der Waals surface area contributed by atoms with Crippen LogP contribution in [0.4, 0.5) is 0 Å². The Labute approximate surface area is 149 Å². The van der Waals surface area contributed by atoms with Gasteiger partial charge >= 0.3 is 0 Å². The Hall–Kier alpha value is -2.17. The number of rotatable bonds is 5. The van der Waals surface area contributed by atoms with E-state index in [9.17, 15) is 4.79 Å². The standard InChI is InChI=1S/C21H26N2O2/c1-15-5-3-7-17(11-15)21(18-8-4-6-16(2)12-18)23-20(24)13-19-14-25-10-9-22-19/h3-8,11-12,19,21-22H,9-10,13-14H2,1-2H3,(H,23,24). The van der Waals surface area contributed by atoms with E-state index in [1.54, 1.807) is 0 Å². The van der Waals surface area contributed by atoms with E-state index >= 15 is 0 Å². The van der Waals surface area contributed by atoms with Gasteiger partial charge < -0.3 is 15.4 Å². The normalized spacial score (nSPS) is 17.5. The molecule has 1 unspecified atom stereocenters. The fourth-order valence-electron chi connectivity index (χ4n) is 3.25. The summed E-state index contributed by atoms with van der Waals surface area (Å²) in [6.07, 6.45) is 0.425. The van der Waals surface area contributed by atoms with Crippen LogP contribution in [0.1, 0.15) is 34.7 Å². The molecule has 25 heavy (non-hydrogen) atoms. The fourth-order valence-corrected chi connectivity index (χ4v) is 3.25. The maximum Gasteiger partial charge on any atom is 0.222 e. The minimum atomic E-state index is -0.142. The third-order valence-electron chi connectivity index (χ3n) is 4.49. The molecule has 1 atom stereocenters. The number of nitrogens with one attached hydrogen (secondary N) is 2. The molecular weight excluding hydrogens is 312 g/mol. The number of morpholine rings is 1. The van der Waals surface area contributed by atoms with E-state index in [1.807, 2.05) is 12.1 Å². The van der Waals surface area contributed by atoms with Gasteiger partial charge in [-0.05, 0) is 25.0 Å². The average Bonchev–Trinajstić information content (AvgIpc) is 2.60. The van der Waals surface area contributed by atoms with Crippen molar-refractivity contribution in [2.45, 2.75) is 32.4 Å². The van der Waals surface area contributed by atoms with Crippen LogP contribution in [-0.4, -0.2) is 31.7 Å². The zero-order valence-electron chi connectivity index (χ0n) is 14.9. The SMILES string of the molecule is Cc1cccc(C(NC(=O)CC2COCCN2)c2cccc(C)c2)c1. The van der Waals surface area contributed by atoms with Crippen molar-refractivity contribution in [3.05, 3.63) is 70.8 Å². The van der Waals surface area contributed by atoms with Crippen LogP contribution in [0.5, 0.6) is 0 Å². The molecule has 132 valence electrons. The van der Waals surface area contributed by atoms with Gasteiger partial charge in [0.05, 0.1) is 19.3 Å². The highest BCUT2D eigenvalue weighted by molar-refractivity contribution is 5.77.